The van der Waals surface area contributed by atoms with Gasteiger partial charge in [-0.3, -0.25) is 4.68 Å². The largest absolute Gasteiger partial charge is 0.339 e. The molecule has 0 unspecified atom stereocenters. The van der Waals surface area contributed by atoms with Crippen molar-refractivity contribution in [2.75, 3.05) is 0 Å². The van der Waals surface area contributed by atoms with Gasteiger partial charge in [0.05, 0.1) is 11.1 Å². The highest BCUT2D eigenvalue weighted by molar-refractivity contribution is 5.35. The molecule has 0 bridgehead atoms. The van der Waals surface area contributed by atoms with E-state index in [1.165, 1.54) is 12.0 Å². The highest BCUT2D eigenvalue weighted by Crippen LogP contribution is 2.47. The third kappa shape index (κ3) is 2.56. The van der Waals surface area contributed by atoms with Gasteiger partial charge in [0, 0.05) is 26.1 Å². The monoisotopic (exact) mass is 308 g/mol. The van der Waals surface area contributed by atoms with Gasteiger partial charge in [0.25, 0.3) is 0 Å². The summed E-state index contributed by atoms with van der Waals surface area (Å²) < 4.78 is 7.31. The first-order valence-electron chi connectivity index (χ1n) is 8.13. The molecular weight excluding hydrogens is 288 g/mol. The maximum atomic E-state index is 5.50. The molecular formula is C18H20N4O. The standard InChI is InChI=1S/C18H20N4O/c1-22-13-10-15(20-22)8-9-16-19-17(21-23-16)18(11-5-12-18)14-6-3-2-4-7-14/h2-4,6-7,10,13H,5,8-9,11-12H2,1H3. The normalized spacial score (nSPS) is 16.2. The third-order valence-electron chi connectivity index (χ3n) is 4.79. The molecule has 2 aromatic heterocycles. The van der Waals surface area contributed by atoms with Crippen LogP contribution in [-0.2, 0) is 25.3 Å². The van der Waals surface area contributed by atoms with E-state index in [1.807, 2.05) is 30.1 Å². The van der Waals surface area contributed by atoms with Gasteiger partial charge in [-0.25, -0.2) is 0 Å². The molecule has 0 N–H and O–H groups in total. The molecule has 3 aromatic rings. The Kier molecular flexibility index (Phi) is 3.48. The fourth-order valence-corrected chi connectivity index (χ4v) is 3.31. The minimum Gasteiger partial charge on any atom is -0.339 e. The topological polar surface area (TPSA) is 56.7 Å². The molecule has 1 fully saturated rings. The number of hydrogen-bond acceptors (Lipinski definition) is 4. The Balaban J connectivity index is 1.53. The van der Waals surface area contributed by atoms with Crippen molar-refractivity contribution in [1.29, 1.82) is 0 Å². The molecule has 1 aliphatic rings. The number of benzene rings is 1. The van der Waals surface area contributed by atoms with Crippen molar-refractivity contribution in [2.24, 2.45) is 7.05 Å². The molecule has 0 saturated heterocycles. The van der Waals surface area contributed by atoms with Crippen LogP contribution in [0.1, 0.15) is 42.2 Å². The second-order valence-electron chi connectivity index (χ2n) is 6.29. The van der Waals surface area contributed by atoms with E-state index < -0.39 is 0 Å². The molecule has 118 valence electrons. The summed E-state index contributed by atoms with van der Waals surface area (Å²) in [4.78, 5) is 4.69. The maximum Gasteiger partial charge on any atom is 0.227 e. The molecule has 0 atom stereocenters. The summed E-state index contributed by atoms with van der Waals surface area (Å²) in [7, 11) is 1.93. The van der Waals surface area contributed by atoms with Gasteiger partial charge in [0.2, 0.25) is 5.89 Å². The number of aryl methyl sites for hydroxylation is 3. The summed E-state index contributed by atoms with van der Waals surface area (Å²) in [6.45, 7) is 0. The lowest BCUT2D eigenvalue weighted by molar-refractivity contribution is 0.271. The molecule has 1 saturated carbocycles. The zero-order valence-corrected chi connectivity index (χ0v) is 13.3. The van der Waals surface area contributed by atoms with E-state index >= 15 is 0 Å². The van der Waals surface area contributed by atoms with Crippen LogP contribution in [-0.4, -0.2) is 19.9 Å². The Morgan fingerprint density at radius 3 is 2.61 bits per heavy atom. The van der Waals surface area contributed by atoms with Crippen LogP contribution in [0.4, 0.5) is 0 Å². The smallest absolute Gasteiger partial charge is 0.227 e. The molecule has 5 heteroatoms. The Hall–Kier alpha value is -2.43. The molecule has 4 rings (SSSR count). The fourth-order valence-electron chi connectivity index (χ4n) is 3.31. The maximum absolute atomic E-state index is 5.50. The fraction of sp³-hybridized carbons (Fsp3) is 0.389. The van der Waals surface area contributed by atoms with Crippen molar-refractivity contribution in [2.45, 2.75) is 37.5 Å². The van der Waals surface area contributed by atoms with Crippen LogP contribution in [0.15, 0.2) is 47.1 Å². The molecule has 0 spiro atoms. The predicted octanol–water partition coefficient (Wildman–Crippen LogP) is 3.06. The summed E-state index contributed by atoms with van der Waals surface area (Å²) in [5.41, 5.74) is 2.30. The second-order valence-corrected chi connectivity index (χ2v) is 6.29. The van der Waals surface area contributed by atoms with Crippen LogP contribution in [0.2, 0.25) is 0 Å². The van der Waals surface area contributed by atoms with Crippen LogP contribution in [0.25, 0.3) is 0 Å². The van der Waals surface area contributed by atoms with Crippen molar-refractivity contribution in [3.63, 3.8) is 0 Å². The molecule has 1 aliphatic carbocycles. The van der Waals surface area contributed by atoms with E-state index in [2.05, 4.69) is 34.5 Å². The molecule has 23 heavy (non-hydrogen) atoms. The number of aromatic nitrogens is 4. The summed E-state index contributed by atoms with van der Waals surface area (Å²) in [6, 6.07) is 12.6. The molecule has 2 heterocycles. The van der Waals surface area contributed by atoms with Crippen molar-refractivity contribution in [1.82, 2.24) is 19.9 Å². The van der Waals surface area contributed by atoms with Gasteiger partial charge < -0.3 is 4.52 Å². The average Bonchev–Trinajstić information content (AvgIpc) is 3.15. The Labute approximate surface area is 135 Å². The number of nitrogens with zero attached hydrogens (tertiary/aromatic N) is 4. The minimum absolute atomic E-state index is 0.0476. The molecule has 1 aromatic carbocycles. The zero-order chi connectivity index (χ0) is 15.7. The van der Waals surface area contributed by atoms with Crippen LogP contribution in [0.5, 0.6) is 0 Å². The van der Waals surface area contributed by atoms with E-state index in [9.17, 15) is 0 Å². The van der Waals surface area contributed by atoms with Crippen LogP contribution >= 0.6 is 0 Å². The van der Waals surface area contributed by atoms with Crippen LogP contribution < -0.4 is 0 Å². The van der Waals surface area contributed by atoms with Crippen LogP contribution in [0.3, 0.4) is 0 Å². The summed E-state index contributed by atoms with van der Waals surface area (Å²) in [6.07, 6.45) is 6.90. The molecule has 5 nitrogen and oxygen atoms in total. The Bertz CT molecular complexity index is 786. The lowest BCUT2D eigenvalue weighted by Gasteiger charge is -2.39. The first kappa shape index (κ1) is 14.2. The van der Waals surface area contributed by atoms with E-state index in [4.69, 9.17) is 9.51 Å². The summed E-state index contributed by atoms with van der Waals surface area (Å²) in [5.74, 6) is 1.54. The third-order valence-corrected chi connectivity index (χ3v) is 4.79. The SMILES string of the molecule is Cn1ccc(CCc2nc(C3(c4ccccc4)CCC3)no2)n1. The van der Waals surface area contributed by atoms with Gasteiger partial charge in [-0.2, -0.15) is 10.1 Å². The first-order chi connectivity index (χ1) is 11.3. The van der Waals surface area contributed by atoms with Gasteiger partial charge in [-0.1, -0.05) is 41.9 Å². The Morgan fingerprint density at radius 1 is 1.13 bits per heavy atom. The molecule has 0 radical (unpaired) electrons. The van der Waals surface area contributed by atoms with Gasteiger partial charge >= 0.3 is 0 Å². The lowest BCUT2D eigenvalue weighted by Crippen LogP contribution is -2.36. The average molecular weight is 308 g/mol. The number of rotatable bonds is 5. The van der Waals surface area contributed by atoms with Crippen molar-refractivity contribution in [3.8, 4) is 0 Å². The summed E-state index contributed by atoms with van der Waals surface area (Å²) >= 11 is 0. The van der Waals surface area contributed by atoms with E-state index in [0.29, 0.717) is 5.89 Å². The van der Waals surface area contributed by atoms with Gasteiger partial charge in [0.1, 0.15) is 0 Å². The van der Waals surface area contributed by atoms with E-state index in [1.54, 1.807) is 0 Å². The highest BCUT2D eigenvalue weighted by Gasteiger charge is 2.44. The van der Waals surface area contributed by atoms with Crippen molar-refractivity contribution in [3.05, 3.63) is 65.6 Å². The quantitative estimate of drug-likeness (QED) is 0.727. The first-order valence-corrected chi connectivity index (χ1v) is 8.13. The van der Waals surface area contributed by atoms with Gasteiger partial charge in [-0.15, -0.1) is 0 Å². The summed E-state index contributed by atoms with van der Waals surface area (Å²) in [5, 5.41) is 8.68. The highest BCUT2D eigenvalue weighted by atomic mass is 16.5. The lowest BCUT2D eigenvalue weighted by atomic mass is 9.64. The van der Waals surface area contributed by atoms with E-state index in [-0.39, 0.29) is 5.41 Å². The Morgan fingerprint density at radius 2 is 1.96 bits per heavy atom. The van der Waals surface area contributed by atoms with Crippen LogP contribution in [0, 0.1) is 0 Å². The predicted molar refractivity (Wildman–Crippen MR) is 86.0 cm³/mol. The second kappa shape index (κ2) is 5.65. The molecule has 0 amide bonds. The van der Waals surface area contributed by atoms with E-state index in [0.717, 1.165) is 37.2 Å². The zero-order valence-electron chi connectivity index (χ0n) is 13.3. The molecule has 0 aliphatic heterocycles. The van der Waals surface area contributed by atoms with Crippen molar-refractivity contribution < 1.29 is 4.52 Å². The van der Waals surface area contributed by atoms with Crippen molar-refractivity contribution >= 4 is 0 Å². The van der Waals surface area contributed by atoms with Gasteiger partial charge in [0.15, 0.2) is 5.82 Å². The minimum atomic E-state index is -0.0476. The number of hydrogen-bond donors (Lipinski definition) is 0. The van der Waals surface area contributed by atoms with Gasteiger partial charge in [-0.05, 0) is 24.5 Å².